The van der Waals surface area contributed by atoms with Crippen molar-refractivity contribution in [2.45, 2.75) is 13.0 Å². The van der Waals surface area contributed by atoms with Crippen LogP contribution in [0.2, 0.25) is 5.02 Å². The van der Waals surface area contributed by atoms with Crippen molar-refractivity contribution in [2.24, 2.45) is 0 Å². The zero-order chi connectivity index (χ0) is 17.5. The molecule has 3 aromatic rings. The van der Waals surface area contributed by atoms with Crippen molar-refractivity contribution < 1.29 is 0 Å². The molecule has 0 fully saturated rings. The number of nitrogen functional groups attached to an aromatic ring is 1. The molecule has 3 rings (SSSR count). The molecule has 0 unspecified atom stereocenters. The number of anilines is 3. The second-order valence-electron chi connectivity index (χ2n) is 5.63. The van der Waals surface area contributed by atoms with Crippen LogP contribution in [0.25, 0.3) is 0 Å². The van der Waals surface area contributed by atoms with E-state index in [0.717, 1.165) is 23.6 Å². The highest BCUT2D eigenvalue weighted by Gasteiger charge is 2.07. The molecule has 0 saturated carbocycles. The second kappa shape index (κ2) is 8.35. The predicted molar refractivity (Wildman–Crippen MR) is 104 cm³/mol. The molecule has 0 aliphatic rings. The van der Waals surface area contributed by atoms with Gasteiger partial charge in [-0.25, -0.2) is 9.97 Å². The summed E-state index contributed by atoms with van der Waals surface area (Å²) in [4.78, 5) is 8.46. The lowest BCUT2D eigenvalue weighted by molar-refractivity contribution is 0.998. The molecular formula is C19H20ClN5. The summed E-state index contributed by atoms with van der Waals surface area (Å²) in [6.45, 7) is 1.36. The summed E-state index contributed by atoms with van der Waals surface area (Å²) in [5, 5.41) is 7.23. The first kappa shape index (κ1) is 17.0. The number of benzene rings is 2. The molecule has 0 spiro atoms. The van der Waals surface area contributed by atoms with Gasteiger partial charge in [0.1, 0.15) is 12.0 Å². The van der Waals surface area contributed by atoms with Crippen LogP contribution in [0.15, 0.2) is 60.9 Å². The molecule has 1 heterocycles. The first-order valence-electron chi connectivity index (χ1n) is 8.09. The fourth-order valence-corrected chi connectivity index (χ4v) is 2.56. The average molecular weight is 354 g/mol. The van der Waals surface area contributed by atoms with E-state index < -0.39 is 0 Å². The van der Waals surface area contributed by atoms with E-state index in [1.54, 1.807) is 0 Å². The van der Waals surface area contributed by atoms with Gasteiger partial charge in [0.15, 0.2) is 11.6 Å². The highest BCUT2D eigenvalue weighted by atomic mass is 35.5. The van der Waals surface area contributed by atoms with Crippen molar-refractivity contribution in [2.75, 3.05) is 22.9 Å². The van der Waals surface area contributed by atoms with Crippen molar-refractivity contribution in [1.82, 2.24) is 9.97 Å². The van der Waals surface area contributed by atoms with Gasteiger partial charge < -0.3 is 16.4 Å². The molecule has 0 amide bonds. The quantitative estimate of drug-likeness (QED) is 0.599. The molecule has 0 bridgehead atoms. The Hall–Kier alpha value is -2.79. The Morgan fingerprint density at radius 3 is 2.24 bits per heavy atom. The monoisotopic (exact) mass is 353 g/mol. The van der Waals surface area contributed by atoms with Crippen molar-refractivity contribution in [1.29, 1.82) is 0 Å². The van der Waals surface area contributed by atoms with Gasteiger partial charge in [-0.2, -0.15) is 0 Å². The Kier molecular flexibility index (Phi) is 5.69. The number of aromatic nitrogens is 2. The van der Waals surface area contributed by atoms with E-state index in [1.165, 1.54) is 11.9 Å². The third-order valence-corrected chi connectivity index (χ3v) is 4.06. The van der Waals surface area contributed by atoms with Gasteiger partial charge in [0, 0.05) is 18.1 Å². The van der Waals surface area contributed by atoms with Crippen LogP contribution in [-0.4, -0.2) is 16.5 Å². The van der Waals surface area contributed by atoms with Crippen LogP contribution in [0.1, 0.15) is 11.1 Å². The van der Waals surface area contributed by atoms with Gasteiger partial charge in [0.05, 0.1) is 0 Å². The lowest BCUT2D eigenvalue weighted by atomic mass is 10.1. The minimum Gasteiger partial charge on any atom is -0.393 e. The molecule has 128 valence electrons. The minimum atomic E-state index is 0.518. The summed E-state index contributed by atoms with van der Waals surface area (Å²) in [7, 11) is 0. The lowest BCUT2D eigenvalue weighted by Gasteiger charge is -2.12. The van der Waals surface area contributed by atoms with Gasteiger partial charge in [-0.15, -0.1) is 0 Å². The summed E-state index contributed by atoms with van der Waals surface area (Å²) in [5.74, 6) is 1.26. The number of nitrogens with two attached hydrogens (primary N) is 1. The number of hydrogen-bond donors (Lipinski definition) is 3. The summed E-state index contributed by atoms with van der Waals surface area (Å²) in [6.07, 6.45) is 2.41. The Morgan fingerprint density at radius 1 is 0.840 bits per heavy atom. The molecule has 0 aliphatic carbocycles. The summed E-state index contributed by atoms with van der Waals surface area (Å²) < 4.78 is 0. The third kappa shape index (κ3) is 4.84. The molecule has 25 heavy (non-hydrogen) atoms. The predicted octanol–water partition coefficient (Wildman–Crippen LogP) is 3.98. The van der Waals surface area contributed by atoms with Crippen molar-refractivity contribution in [3.8, 4) is 0 Å². The molecule has 5 nitrogen and oxygen atoms in total. The fraction of sp³-hybridized carbons (Fsp3) is 0.158. The van der Waals surface area contributed by atoms with Gasteiger partial charge in [-0.3, -0.25) is 0 Å². The van der Waals surface area contributed by atoms with Gasteiger partial charge in [0.25, 0.3) is 0 Å². The molecule has 0 atom stereocenters. The number of hydrogen-bond acceptors (Lipinski definition) is 5. The Balaban J connectivity index is 1.58. The summed E-state index contributed by atoms with van der Waals surface area (Å²) >= 11 is 5.90. The van der Waals surface area contributed by atoms with Crippen molar-refractivity contribution in [3.05, 3.63) is 77.1 Å². The van der Waals surface area contributed by atoms with Gasteiger partial charge in [0.2, 0.25) is 0 Å². The minimum absolute atomic E-state index is 0.518. The van der Waals surface area contributed by atoms with Crippen molar-refractivity contribution >= 4 is 28.9 Å². The Bertz CT molecular complexity index is 806. The molecule has 4 N–H and O–H groups in total. The SMILES string of the molecule is Nc1c(NCCc2ccccc2)ncnc1NCc1ccc(Cl)cc1. The highest BCUT2D eigenvalue weighted by Crippen LogP contribution is 2.23. The molecule has 0 saturated heterocycles. The van der Waals surface area contributed by atoms with Crippen LogP contribution in [0.5, 0.6) is 0 Å². The van der Waals surface area contributed by atoms with Crippen LogP contribution in [0.3, 0.4) is 0 Å². The first-order valence-corrected chi connectivity index (χ1v) is 8.47. The zero-order valence-electron chi connectivity index (χ0n) is 13.7. The number of halogens is 1. The largest absolute Gasteiger partial charge is 0.393 e. The van der Waals surface area contributed by atoms with Crippen LogP contribution < -0.4 is 16.4 Å². The van der Waals surface area contributed by atoms with E-state index in [9.17, 15) is 0 Å². The van der Waals surface area contributed by atoms with E-state index in [-0.39, 0.29) is 0 Å². The summed E-state index contributed by atoms with van der Waals surface area (Å²) in [5.41, 5.74) is 9.06. The summed E-state index contributed by atoms with van der Waals surface area (Å²) in [6, 6.07) is 17.9. The zero-order valence-corrected chi connectivity index (χ0v) is 14.5. The molecule has 6 heteroatoms. The molecular weight excluding hydrogens is 334 g/mol. The Morgan fingerprint density at radius 2 is 1.52 bits per heavy atom. The van der Waals surface area contributed by atoms with E-state index in [4.69, 9.17) is 17.3 Å². The van der Waals surface area contributed by atoms with Crippen LogP contribution >= 0.6 is 11.6 Å². The molecule has 2 aromatic carbocycles. The second-order valence-corrected chi connectivity index (χ2v) is 6.06. The first-order chi connectivity index (χ1) is 12.2. The van der Waals surface area contributed by atoms with Crippen LogP contribution in [0, 0.1) is 0 Å². The van der Waals surface area contributed by atoms with Crippen molar-refractivity contribution in [3.63, 3.8) is 0 Å². The molecule has 0 radical (unpaired) electrons. The van der Waals surface area contributed by atoms with E-state index in [1.807, 2.05) is 42.5 Å². The van der Waals surface area contributed by atoms with Gasteiger partial charge >= 0.3 is 0 Å². The normalized spacial score (nSPS) is 10.4. The maximum absolute atomic E-state index is 6.18. The van der Waals surface area contributed by atoms with E-state index in [2.05, 4.69) is 32.7 Å². The number of rotatable bonds is 7. The lowest BCUT2D eigenvalue weighted by Crippen LogP contribution is -2.11. The molecule has 1 aromatic heterocycles. The van der Waals surface area contributed by atoms with Crippen LogP contribution in [-0.2, 0) is 13.0 Å². The number of nitrogens with one attached hydrogen (secondary N) is 2. The van der Waals surface area contributed by atoms with Gasteiger partial charge in [-0.05, 0) is 29.7 Å². The highest BCUT2D eigenvalue weighted by molar-refractivity contribution is 6.30. The van der Waals surface area contributed by atoms with Gasteiger partial charge in [-0.1, -0.05) is 54.1 Å². The smallest absolute Gasteiger partial charge is 0.155 e. The van der Waals surface area contributed by atoms with Crippen LogP contribution in [0.4, 0.5) is 17.3 Å². The standard InChI is InChI=1S/C19H20ClN5/c20-16-8-6-15(7-9-16)12-23-19-17(21)18(24-13-25-19)22-11-10-14-4-2-1-3-5-14/h1-9,13H,10-12,21H2,(H2,22,23,24,25). The Labute approximate surface area is 152 Å². The average Bonchev–Trinajstić information content (AvgIpc) is 2.64. The topological polar surface area (TPSA) is 75.9 Å². The number of nitrogens with zero attached hydrogens (tertiary/aromatic N) is 2. The maximum Gasteiger partial charge on any atom is 0.155 e. The van der Waals surface area contributed by atoms with E-state index in [0.29, 0.717) is 23.9 Å². The fourth-order valence-electron chi connectivity index (χ4n) is 2.44. The third-order valence-electron chi connectivity index (χ3n) is 3.81. The maximum atomic E-state index is 6.18. The van der Waals surface area contributed by atoms with E-state index >= 15 is 0 Å². The molecule has 0 aliphatic heterocycles.